The third-order valence-electron chi connectivity index (χ3n) is 2.49. The molecule has 1 saturated carbocycles. The van der Waals surface area contributed by atoms with Gasteiger partial charge in [-0.15, -0.1) is 0 Å². The van der Waals surface area contributed by atoms with E-state index in [-0.39, 0.29) is 0 Å². The van der Waals surface area contributed by atoms with Crippen LogP contribution in [0.25, 0.3) is 0 Å². The first-order valence-electron chi connectivity index (χ1n) is 4.55. The van der Waals surface area contributed by atoms with Crippen LogP contribution in [0.5, 0.6) is 0 Å². The number of nitrogens with zero attached hydrogens (tertiary/aromatic N) is 2. The molecule has 1 aliphatic carbocycles. The first-order valence-corrected chi connectivity index (χ1v) is 4.55. The molecule has 0 spiro atoms. The Morgan fingerprint density at radius 1 is 1.58 bits per heavy atom. The van der Waals surface area contributed by atoms with Crippen LogP contribution in [0.2, 0.25) is 0 Å². The summed E-state index contributed by atoms with van der Waals surface area (Å²) in [5.41, 5.74) is 0. The van der Waals surface area contributed by atoms with Crippen LogP contribution < -0.4 is 0 Å². The summed E-state index contributed by atoms with van der Waals surface area (Å²) in [6, 6.07) is 0. The molecule has 0 radical (unpaired) electrons. The molecule has 1 aromatic heterocycles. The van der Waals surface area contributed by atoms with Crippen molar-refractivity contribution in [3.63, 3.8) is 0 Å². The van der Waals surface area contributed by atoms with Crippen LogP contribution >= 0.6 is 0 Å². The third-order valence-corrected chi connectivity index (χ3v) is 2.49. The maximum Gasteiger partial charge on any atom is 0.226 e. The molecule has 1 heterocycles. The Morgan fingerprint density at radius 2 is 2.33 bits per heavy atom. The molecule has 0 saturated heterocycles. The van der Waals surface area contributed by atoms with Crippen molar-refractivity contribution in [3.8, 4) is 0 Å². The molecule has 0 N–H and O–H groups in total. The van der Waals surface area contributed by atoms with Gasteiger partial charge in [-0.1, -0.05) is 12.1 Å². The molecular weight excluding hydrogens is 152 g/mol. The lowest BCUT2D eigenvalue weighted by molar-refractivity contribution is 0.345. The Morgan fingerprint density at radius 3 is 2.83 bits per heavy atom. The fourth-order valence-electron chi connectivity index (χ4n) is 1.53. The van der Waals surface area contributed by atoms with E-state index in [1.54, 1.807) is 0 Å². The molecule has 1 unspecified atom stereocenters. The van der Waals surface area contributed by atoms with Gasteiger partial charge >= 0.3 is 0 Å². The molecule has 0 bridgehead atoms. The van der Waals surface area contributed by atoms with Crippen LogP contribution in [0, 0.1) is 18.8 Å². The molecule has 1 fully saturated rings. The van der Waals surface area contributed by atoms with Gasteiger partial charge in [0.2, 0.25) is 5.89 Å². The normalized spacial score (nSPS) is 19.5. The zero-order valence-corrected chi connectivity index (χ0v) is 7.58. The Balaban J connectivity index is 1.93. The van der Waals surface area contributed by atoms with Gasteiger partial charge in [0.15, 0.2) is 5.82 Å². The van der Waals surface area contributed by atoms with E-state index in [9.17, 15) is 0 Å². The summed E-state index contributed by atoms with van der Waals surface area (Å²) in [5, 5.41) is 3.76. The lowest BCUT2D eigenvalue weighted by Crippen LogP contribution is -2.01. The van der Waals surface area contributed by atoms with Gasteiger partial charge in [-0.25, -0.2) is 0 Å². The Labute approximate surface area is 72.2 Å². The van der Waals surface area contributed by atoms with Gasteiger partial charge in [-0.05, 0) is 31.6 Å². The summed E-state index contributed by atoms with van der Waals surface area (Å²) >= 11 is 0. The molecular formula is C9H14N2O. The first kappa shape index (κ1) is 7.77. The standard InChI is InChI=1S/C9H14N2O/c1-6(8-3-4-8)5-9-10-7(2)11-12-9/h6,8H,3-5H2,1-2H3. The van der Waals surface area contributed by atoms with Crippen LogP contribution in [-0.2, 0) is 6.42 Å². The molecule has 0 amide bonds. The summed E-state index contributed by atoms with van der Waals surface area (Å²) < 4.78 is 5.05. The Hall–Kier alpha value is -0.860. The summed E-state index contributed by atoms with van der Waals surface area (Å²) in [6.07, 6.45) is 3.72. The number of aromatic nitrogens is 2. The van der Waals surface area contributed by atoms with Crippen molar-refractivity contribution in [2.24, 2.45) is 11.8 Å². The minimum atomic E-state index is 0.713. The van der Waals surface area contributed by atoms with E-state index in [2.05, 4.69) is 17.1 Å². The Bertz CT molecular complexity index is 265. The minimum Gasteiger partial charge on any atom is -0.339 e. The third kappa shape index (κ3) is 1.65. The maximum absolute atomic E-state index is 5.05. The van der Waals surface area contributed by atoms with E-state index >= 15 is 0 Å². The van der Waals surface area contributed by atoms with E-state index in [0.717, 1.165) is 24.1 Å². The van der Waals surface area contributed by atoms with Crippen molar-refractivity contribution in [3.05, 3.63) is 11.7 Å². The average molecular weight is 166 g/mol. The van der Waals surface area contributed by atoms with Gasteiger partial charge in [0.25, 0.3) is 0 Å². The smallest absolute Gasteiger partial charge is 0.226 e. The van der Waals surface area contributed by atoms with Crippen LogP contribution in [0.4, 0.5) is 0 Å². The fraction of sp³-hybridized carbons (Fsp3) is 0.778. The van der Waals surface area contributed by atoms with E-state index in [4.69, 9.17) is 4.52 Å². The lowest BCUT2D eigenvalue weighted by atomic mass is 10.0. The zero-order chi connectivity index (χ0) is 8.55. The predicted molar refractivity (Wildman–Crippen MR) is 44.6 cm³/mol. The average Bonchev–Trinajstić information content (AvgIpc) is 2.78. The first-order chi connectivity index (χ1) is 5.75. The number of hydrogen-bond acceptors (Lipinski definition) is 3. The molecule has 12 heavy (non-hydrogen) atoms. The molecule has 0 aromatic carbocycles. The molecule has 1 atom stereocenters. The maximum atomic E-state index is 5.05. The topological polar surface area (TPSA) is 38.9 Å². The largest absolute Gasteiger partial charge is 0.339 e. The highest BCUT2D eigenvalue weighted by atomic mass is 16.5. The van der Waals surface area contributed by atoms with Crippen molar-refractivity contribution in [2.45, 2.75) is 33.1 Å². The van der Waals surface area contributed by atoms with Gasteiger partial charge in [-0.3, -0.25) is 0 Å². The number of aryl methyl sites for hydroxylation is 1. The zero-order valence-electron chi connectivity index (χ0n) is 7.58. The molecule has 1 aliphatic rings. The monoisotopic (exact) mass is 166 g/mol. The summed E-state index contributed by atoms with van der Waals surface area (Å²) in [5.74, 6) is 3.17. The molecule has 66 valence electrons. The van der Waals surface area contributed by atoms with Crippen LogP contribution in [0.3, 0.4) is 0 Å². The van der Waals surface area contributed by atoms with E-state index in [1.165, 1.54) is 12.8 Å². The van der Waals surface area contributed by atoms with Crippen molar-refractivity contribution < 1.29 is 4.52 Å². The van der Waals surface area contributed by atoms with Gasteiger partial charge in [0.1, 0.15) is 0 Å². The van der Waals surface area contributed by atoms with Gasteiger partial charge in [0.05, 0.1) is 0 Å². The van der Waals surface area contributed by atoms with Crippen LogP contribution in [-0.4, -0.2) is 10.1 Å². The summed E-state index contributed by atoms with van der Waals surface area (Å²) in [7, 11) is 0. The van der Waals surface area contributed by atoms with E-state index in [1.807, 2.05) is 6.92 Å². The van der Waals surface area contributed by atoms with E-state index in [0.29, 0.717) is 5.92 Å². The highest BCUT2D eigenvalue weighted by Gasteiger charge is 2.28. The molecule has 3 nitrogen and oxygen atoms in total. The molecule has 3 heteroatoms. The van der Waals surface area contributed by atoms with Crippen molar-refractivity contribution in [1.82, 2.24) is 10.1 Å². The summed E-state index contributed by atoms with van der Waals surface area (Å²) in [4.78, 5) is 4.18. The van der Waals surface area contributed by atoms with E-state index < -0.39 is 0 Å². The second kappa shape index (κ2) is 2.88. The van der Waals surface area contributed by atoms with Crippen LogP contribution in [0.1, 0.15) is 31.5 Å². The molecule has 0 aliphatic heterocycles. The second-order valence-corrected chi connectivity index (χ2v) is 3.75. The Kier molecular flexibility index (Phi) is 1.87. The predicted octanol–water partition coefficient (Wildman–Crippen LogP) is 1.97. The van der Waals surface area contributed by atoms with Crippen molar-refractivity contribution >= 4 is 0 Å². The minimum absolute atomic E-state index is 0.713. The number of hydrogen-bond donors (Lipinski definition) is 0. The highest BCUT2D eigenvalue weighted by Crippen LogP contribution is 2.37. The van der Waals surface area contributed by atoms with Gasteiger partial charge in [0, 0.05) is 6.42 Å². The summed E-state index contributed by atoms with van der Waals surface area (Å²) in [6.45, 7) is 4.12. The second-order valence-electron chi connectivity index (χ2n) is 3.75. The number of rotatable bonds is 3. The highest BCUT2D eigenvalue weighted by molar-refractivity contribution is 4.88. The lowest BCUT2D eigenvalue weighted by Gasteiger charge is -2.04. The van der Waals surface area contributed by atoms with Crippen molar-refractivity contribution in [1.29, 1.82) is 0 Å². The SMILES string of the molecule is Cc1noc(CC(C)C2CC2)n1. The fourth-order valence-corrected chi connectivity index (χ4v) is 1.53. The molecule has 2 rings (SSSR count). The molecule has 1 aromatic rings. The van der Waals surface area contributed by atoms with Gasteiger partial charge in [-0.2, -0.15) is 4.98 Å². The quantitative estimate of drug-likeness (QED) is 0.689. The van der Waals surface area contributed by atoms with Gasteiger partial charge < -0.3 is 4.52 Å². The van der Waals surface area contributed by atoms with Crippen LogP contribution in [0.15, 0.2) is 4.52 Å². The van der Waals surface area contributed by atoms with Crippen molar-refractivity contribution in [2.75, 3.05) is 0 Å².